The summed E-state index contributed by atoms with van der Waals surface area (Å²) in [7, 11) is 0. The van der Waals surface area contributed by atoms with Crippen LogP contribution in [0.3, 0.4) is 0 Å². The molecule has 3 heterocycles. The maximum absolute atomic E-state index is 14.4. The van der Waals surface area contributed by atoms with Crippen molar-refractivity contribution in [2.45, 2.75) is 43.4 Å². The summed E-state index contributed by atoms with van der Waals surface area (Å²) in [5, 5.41) is 3.82. The number of ether oxygens (including phenoxy) is 1. The number of hydrogen-bond acceptors (Lipinski definition) is 6. The maximum atomic E-state index is 14.4. The van der Waals surface area contributed by atoms with Crippen molar-refractivity contribution in [2.75, 3.05) is 19.8 Å². The first-order chi connectivity index (χ1) is 14.3. The predicted molar refractivity (Wildman–Crippen MR) is 94.2 cm³/mol. The van der Waals surface area contributed by atoms with E-state index in [0.717, 1.165) is 6.07 Å². The van der Waals surface area contributed by atoms with Crippen molar-refractivity contribution in [3.8, 4) is 0 Å². The molecular formula is C19H20F4N4O3. The molecule has 2 fully saturated rings. The van der Waals surface area contributed by atoms with Crippen molar-refractivity contribution in [3.05, 3.63) is 46.9 Å². The zero-order valence-electron chi connectivity index (χ0n) is 15.9. The van der Waals surface area contributed by atoms with Crippen LogP contribution in [0.1, 0.15) is 42.6 Å². The summed E-state index contributed by atoms with van der Waals surface area (Å²) < 4.78 is 64.5. The minimum absolute atomic E-state index is 0.106. The molecule has 7 nitrogen and oxygen atoms in total. The van der Waals surface area contributed by atoms with Gasteiger partial charge in [-0.2, -0.15) is 4.98 Å². The molecule has 2 aromatic rings. The first-order valence-corrected chi connectivity index (χ1v) is 9.56. The van der Waals surface area contributed by atoms with E-state index < -0.39 is 35.2 Å². The number of rotatable bonds is 6. The molecule has 162 valence electrons. The quantitative estimate of drug-likeness (QED) is 0.561. The summed E-state index contributed by atoms with van der Waals surface area (Å²) in [6.45, 7) is 0.123. The second-order valence-electron chi connectivity index (χ2n) is 7.69. The Bertz CT molecular complexity index is 950. The fourth-order valence-electron chi connectivity index (χ4n) is 3.71. The van der Waals surface area contributed by atoms with Gasteiger partial charge in [-0.1, -0.05) is 5.16 Å². The number of nitrogens with two attached hydrogens (primary N) is 1. The third-order valence-corrected chi connectivity index (χ3v) is 5.37. The van der Waals surface area contributed by atoms with Crippen molar-refractivity contribution in [1.82, 2.24) is 15.0 Å². The molecule has 1 aromatic carbocycles. The number of amides is 1. The summed E-state index contributed by atoms with van der Waals surface area (Å²) in [6, 6.07) is -0.0910. The average molecular weight is 428 g/mol. The highest BCUT2D eigenvalue weighted by atomic mass is 19.2. The largest absolute Gasteiger partial charge is 0.373 e. The third-order valence-electron chi connectivity index (χ3n) is 5.37. The molecule has 0 radical (unpaired) electrons. The molecule has 2 saturated heterocycles. The Morgan fingerprint density at radius 2 is 2.00 bits per heavy atom. The van der Waals surface area contributed by atoms with Crippen molar-refractivity contribution < 1.29 is 31.6 Å². The molecule has 4 rings (SSSR count). The second kappa shape index (κ2) is 7.95. The summed E-state index contributed by atoms with van der Waals surface area (Å²) in [5.41, 5.74) is 4.06. The Hall–Kier alpha value is -2.53. The van der Waals surface area contributed by atoms with Gasteiger partial charge in [-0.3, -0.25) is 4.79 Å². The number of likely N-dealkylation sites (tertiary alicyclic amines) is 1. The van der Waals surface area contributed by atoms with Crippen molar-refractivity contribution in [1.29, 1.82) is 0 Å². The van der Waals surface area contributed by atoms with E-state index in [4.69, 9.17) is 15.0 Å². The van der Waals surface area contributed by atoms with Gasteiger partial charge in [0.15, 0.2) is 17.5 Å². The van der Waals surface area contributed by atoms with Crippen LogP contribution in [0.25, 0.3) is 0 Å². The highest BCUT2D eigenvalue weighted by molar-refractivity contribution is 5.77. The highest BCUT2D eigenvalue weighted by Crippen LogP contribution is 2.36. The van der Waals surface area contributed by atoms with Gasteiger partial charge in [0.05, 0.1) is 19.3 Å². The Morgan fingerprint density at radius 1 is 1.27 bits per heavy atom. The molecule has 0 unspecified atom stereocenters. The molecule has 2 atom stereocenters. The zero-order valence-corrected chi connectivity index (χ0v) is 15.9. The van der Waals surface area contributed by atoms with Crippen LogP contribution in [0, 0.1) is 17.5 Å². The van der Waals surface area contributed by atoms with Crippen LogP contribution in [0.4, 0.5) is 17.6 Å². The molecule has 0 saturated carbocycles. The van der Waals surface area contributed by atoms with Gasteiger partial charge in [-0.05, 0) is 30.9 Å². The first kappa shape index (κ1) is 20.7. The van der Waals surface area contributed by atoms with E-state index in [1.165, 1.54) is 4.90 Å². The molecule has 2 aliphatic rings. The van der Waals surface area contributed by atoms with Crippen LogP contribution in [0.2, 0.25) is 0 Å². The lowest BCUT2D eigenvalue weighted by atomic mass is 10.0. The SMILES string of the molecule is N[C@@H](CC(=O)N1CCC[C@H]1c1noc(C2(F)COC2)n1)Cc1cc(F)c(F)cc1F. The lowest BCUT2D eigenvalue weighted by molar-refractivity contribution is -0.149. The Balaban J connectivity index is 1.41. The summed E-state index contributed by atoms with van der Waals surface area (Å²) in [5.74, 6) is -3.67. The number of aromatic nitrogens is 2. The van der Waals surface area contributed by atoms with Crippen molar-refractivity contribution >= 4 is 5.91 Å². The van der Waals surface area contributed by atoms with E-state index in [1.807, 2.05) is 0 Å². The van der Waals surface area contributed by atoms with Crippen LogP contribution < -0.4 is 5.73 Å². The first-order valence-electron chi connectivity index (χ1n) is 9.56. The Kier molecular flexibility index (Phi) is 5.49. The molecule has 2 N–H and O–H groups in total. The summed E-state index contributed by atoms with van der Waals surface area (Å²) in [4.78, 5) is 18.4. The van der Waals surface area contributed by atoms with Crippen molar-refractivity contribution in [3.63, 3.8) is 0 Å². The van der Waals surface area contributed by atoms with Crippen molar-refractivity contribution in [2.24, 2.45) is 5.73 Å². The Labute approximate surface area is 169 Å². The lowest BCUT2D eigenvalue weighted by Crippen LogP contribution is -2.43. The standard InChI is InChI=1S/C19H20F4N4O3/c20-12-7-14(22)13(21)5-10(12)4-11(24)6-16(28)27-3-1-2-15(27)17-25-18(30-26-17)19(23)8-29-9-19/h5,7,11,15H,1-4,6,8-9,24H2/t11-,15+/m1/s1. The van der Waals surface area contributed by atoms with E-state index >= 15 is 0 Å². The van der Waals surface area contributed by atoms with Gasteiger partial charge < -0.3 is 19.9 Å². The van der Waals surface area contributed by atoms with Gasteiger partial charge in [-0.25, -0.2) is 17.6 Å². The van der Waals surface area contributed by atoms with Gasteiger partial charge in [0.2, 0.25) is 11.6 Å². The predicted octanol–water partition coefficient (Wildman–Crippen LogP) is 2.31. The van der Waals surface area contributed by atoms with Gasteiger partial charge in [0, 0.05) is 25.1 Å². The van der Waals surface area contributed by atoms with E-state index in [2.05, 4.69) is 10.1 Å². The van der Waals surface area contributed by atoms with Gasteiger partial charge >= 0.3 is 0 Å². The summed E-state index contributed by atoms with van der Waals surface area (Å²) >= 11 is 0. The van der Waals surface area contributed by atoms with Crippen LogP contribution >= 0.6 is 0 Å². The average Bonchev–Trinajstić information content (AvgIpc) is 3.33. The van der Waals surface area contributed by atoms with Crippen LogP contribution in [-0.2, 0) is 21.6 Å². The maximum Gasteiger partial charge on any atom is 0.269 e. The minimum atomic E-state index is -1.80. The van der Waals surface area contributed by atoms with Crippen LogP contribution in [-0.4, -0.2) is 46.7 Å². The van der Waals surface area contributed by atoms with Crippen LogP contribution in [0.15, 0.2) is 16.7 Å². The molecule has 2 aliphatic heterocycles. The molecule has 0 bridgehead atoms. The van der Waals surface area contributed by atoms with E-state index in [0.29, 0.717) is 25.5 Å². The molecule has 30 heavy (non-hydrogen) atoms. The van der Waals surface area contributed by atoms with Gasteiger partial charge in [-0.15, -0.1) is 0 Å². The monoisotopic (exact) mass is 428 g/mol. The fraction of sp³-hybridized carbons (Fsp3) is 0.526. The number of alkyl halides is 1. The van der Waals surface area contributed by atoms with E-state index in [9.17, 15) is 22.4 Å². The zero-order chi connectivity index (χ0) is 21.5. The number of benzene rings is 1. The van der Waals surface area contributed by atoms with E-state index in [-0.39, 0.29) is 49.2 Å². The molecule has 0 aliphatic carbocycles. The number of carbonyl (C=O) groups excluding carboxylic acids is 1. The number of nitrogens with zero attached hydrogens (tertiary/aromatic N) is 3. The minimum Gasteiger partial charge on any atom is -0.373 e. The third kappa shape index (κ3) is 3.91. The molecule has 1 amide bonds. The molecular weight excluding hydrogens is 408 g/mol. The van der Waals surface area contributed by atoms with Gasteiger partial charge in [0.1, 0.15) is 5.82 Å². The second-order valence-corrected chi connectivity index (χ2v) is 7.69. The normalized spacial score (nSPS) is 21.5. The van der Waals surface area contributed by atoms with Gasteiger partial charge in [0.25, 0.3) is 5.89 Å². The lowest BCUT2D eigenvalue weighted by Gasteiger charge is -2.29. The van der Waals surface area contributed by atoms with Crippen LogP contribution in [0.5, 0.6) is 0 Å². The highest BCUT2D eigenvalue weighted by Gasteiger charge is 2.47. The molecule has 1 aromatic heterocycles. The number of halogens is 4. The smallest absolute Gasteiger partial charge is 0.269 e. The fourth-order valence-corrected chi connectivity index (χ4v) is 3.71. The summed E-state index contributed by atoms with van der Waals surface area (Å²) in [6.07, 6.45) is 0.995. The Morgan fingerprint density at radius 3 is 2.70 bits per heavy atom. The molecule has 0 spiro atoms. The molecule has 11 heteroatoms. The van der Waals surface area contributed by atoms with E-state index in [1.54, 1.807) is 0 Å². The number of carbonyl (C=O) groups is 1. The number of hydrogen-bond donors (Lipinski definition) is 1. The topological polar surface area (TPSA) is 94.5 Å².